The van der Waals surface area contributed by atoms with Gasteiger partial charge in [0.2, 0.25) is 0 Å². The second-order valence-corrected chi connectivity index (χ2v) is 9.44. The Morgan fingerprint density at radius 2 is 1.72 bits per heavy atom. The molecule has 1 amide bonds. The van der Waals surface area contributed by atoms with Gasteiger partial charge in [-0.25, -0.2) is 8.42 Å². The molecule has 29 heavy (non-hydrogen) atoms. The van der Waals surface area contributed by atoms with E-state index in [2.05, 4.69) is 0 Å². The van der Waals surface area contributed by atoms with Crippen molar-refractivity contribution < 1.29 is 27.9 Å². The first kappa shape index (κ1) is 20.9. The summed E-state index contributed by atoms with van der Waals surface area (Å²) in [6, 6.07) is 15.1. The monoisotopic (exact) mass is 417 g/mol. The van der Waals surface area contributed by atoms with E-state index in [9.17, 15) is 23.1 Å². The molecule has 0 saturated carbocycles. The molecule has 1 aliphatic heterocycles. The van der Waals surface area contributed by atoms with Crippen LogP contribution in [-0.2, 0) is 19.4 Å². The Hall–Kier alpha value is -2.87. The fraction of sp³-hybridized carbons (Fsp3) is 0.333. The molecule has 0 aromatic heterocycles. The molecule has 7 nitrogen and oxygen atoms in total. The summed E-state index contributed by atoms with van der Waals surface area (Å²) in [5.74, 6) is -1.22. The molecule has 1 N–H and O–H groups in total. The van der Waals surface area contributed by atoms with Crippen molar-refractivity contribution in [1.29, 1.82) is 0 Å². The normalized spacial score (nSPS) is 21.2. The third-order valence-electron chi connectivity index (χ3n) is 5.37. The molecular formula is C21H23NO6S. The van der Waals surface area contributed by atoms with E-state index in [1.807, 2.05) is 0 Å². The van der Waals surface area contributed by atoms with Crippen LogP contribution in [0.1, 0.15) is 28.8 Å². The van der Waals surface area contributed by atoms with Crippen LogP contribution in [0.15, 0.2) is 54.6 Å². The minimum Gasteiger partial charge on any atom is -0.497 e. The van der Waals surface area contributed by atoms with Crippen LogP contribution >= 0.6 is 0 Å². The molecule has 2 aromatic carbocycles. The van der Waals surface area contributed by atoms with Crippen molar-refractivity contribution in [2.45, 2.75) is 17.6 Å². The highest BCUT2D eigenvalue weighted by Gasteiger charge is 2.49. The van der Waals surface area contributed by atoms with Crippen molar-refractivity contribution in [3.63, 3.8) is 0 Å². The highest BCUT2D eigenvalue weighted by atomic mass is 32.2. The lowest BCUT2D eigenvalue weighted by molar-refractivity contribution is -0.137. The van der Waals surface area contributed by atoms with E-state index in [0.29, 0.717) is 16.9 Å². The number of carboxylic acid groups (broad SMARTS) is 1. The molecule has 1 atom stereocenters. The van der Waals surface area contributed by atoms with Gasteiger partial charge >= 0.3 is 5.97 Å². The molecule has 0 aliphatic carbocycles. The van der Waals surface area contributed by atoms with Crippen LogP contribution in [0.4, 0.5) is 0 Å². The Morgan fingerprint density at radius 1 is 1.07 bits per heavy atom. The molecular weight excluding hydrogens is 394 g/mol. The van der Waals surface area contributed by atoms with E-state index < -0.39 is 27.0 Å². The van der Waals surface area contributed by atoms with Crippen molar-refractivity contribution in [2.24, 2.45) is 0 Å². The molecule has 1 unspecified atom stereocenters. The van der Waals surface area contributed by atoms with Crippen LogP contribution in [0.5, 0.6) is 5.75 Å². The van der Waals surface area contributed by atoms with E-state index in [1.54, 1.807) is 54.6 Å². The smallest absolute Gasteiger partial charge is 0.305 e. The highest BCUT2D eigenvalue weighted by Crippen LogP contribution is 2.41. The number of carboxylic acids is 1. The van der Waals surface area contributed by atoms with E-state index >= 15 is 0 Å². The molecule has 1 saturated heterocycles. The van der Waals surface area contributed by atoms with E-state index in [4.69, 9.17) is 4.74 Å². The van der Waals surface area contributed by atoms with Crippen LogP contribution in [0.3, 0.4) is 0 Å². The predicted octanol–water partition coefficient (Wildman–Crippen LogP) is 2.33. The van der Waals surface area contributed by atoms with E-state index in [0.717, 1.165) is 0 Å². The zero-order valence-corrected chi connectivity index (χ0v) is 16.9. The zero-order valence-electron chi connectivity index (χ0n) is 16.1. The largest absolute Gasteiger partial charge is 0.497 e. The summed E-state index contributed by atoms with van der Waals surface area (Å²) in [7, 11) is -2.36. The lowest BCUT2D eigenvalue weighted by Crippen LogP contribution is -2.39. The third kappa shape index (κ3) is 4.12. The quantitative estimate of drug-likeness (QED) is 0.801. The molecule has 1 fully saturated rings. The van der Waals surface area contributed by atoms with Crippen molar-refractivity contribution in [3.8, 4) is 5.75 Å². The number of carbonyl (C=O) groups excluding carboxylic acids is 1. The molecule has 0 radical (unpaired) electrons. The predicted molar refractivity (Wildman–Crippen MR) is 108 cm³/mol. The minimum absolute atomic E-state index is 0.00648. The van der Waals surface area contributed by atoms with Crippen molar-refractivity contribution >= 4 is 21.7 Å². The Kier molecular flexibility index (Phi) is 5.93. The molecule has 154 valence electrons. The van der Waals surface area contributed by atoms with Gasteiger partial charge in [0.25, 0.3) is 5.91 Å². The number of nitrogens with zero attached hydrogens (tertiary/aromatic N) is 1. The molecule has 2 aromatic rings. The first-order valence-corrected chi connectivity index (χ1v) is 10.9. The fourth-order valence-corrected chi connectivity index (χ4v) is 5.83. The highest BCUT2D eigenvalue weighted by molar-refractivity contribution is 7.92. The number of rotatable bonds is 5. The summed E-state index contributed by atoms with van der Waals surface area (Å²) in [5.41, 5.74) is 0.870. The van der Waals surface area contributed by atoms with Gasteiger partial charge in [0.15, 0.2) is 9.84 Å². The van der Waals surface area contributed by atoms with Gasteiger partial charge in [-0.2, -0.15) is 0 Å². The van der Waals surface area contributed by atoms with Gasteiger partial charge in [0.05, 0.1) is 19.3 Å². The van der Waals surface area contributed by atoms with Crippen LogP contribution in [0.25, 0.3) is 0 Å². The van der Waals surface area contributed by atoms with Gasteiger partial charge in [-0.05, 0) is 36.2 Å². The number of methoxy groups -OCH3 is 1. The maximum absolute atomic E-state index is 13.3. The van der Waals surface area contributed by atoms with Gasteiger partial charge in [0, 0.05) is 18.7 Å². The number of amides is 1. The molecule has 8 heteroatoms. The summed E-state index contributed by atoms with van der Waals surface area (Å²) >= 11 is 0. The Balaban J connectivity index is 1.99. The maximum atomic E-state index is 13.3. The van der Waals surface area contributed by atoms with Crippen molar-refractivity contribution in [2.75, 3.05) is 26.0 Å². The summed E-state index contributed by atoms with van der Waals surface area (Å²) < 4.78 is 30.1. The fourth-order valence-electron chi connectivity index (χ4n) is 3.74. The molecule has 1 heterocycles. The van der Waals surface area contributed by atoms with Gasteiger partial charge < -0.3 is 14.7 Å². The van der Waals surface area contributed by atoms with Crippen LogP contribution in [0, 0.1) is 0 Å². The second kappa shape index (κ2) is 8.24. The van der Waals surface area contributed by atoms with Crippen LogP contribution < -0.4 is 4.74 Å². The van der Waals surface area contributed by atoms with Gasteiger partial charge in [-0.15, -0.1) is 0 Å². The Morgan fingerprint density at radius 3 is 2.31 bits per heavy atom. The summed E-state index contributed by atoms with van der Waals surface area (Å²) in [6.45, 7) is 0.167. The number of carbonyl (C=O) groups is 2. The Bertz CT molecular complexity index is 988. The zero-order chi connectivity index (χ0) is 21.1. The number of benzene rings is 2. The first-order valence-electron chi connectivity index (χ1n) is 9.22. The van der Waals surface area contributed by atoms with Gasteiger partial charge in [-0.1, -0.05) is 30.3 Å². The lowest BCUT2D eigenvalue weighted by atomic mass is 9.91. The SMILES string of the molecule is COc1ccc(C2(CC(=O)O)CCN(C(=O)c3ccccc3)CCS2(=O)=O)cc1. The summed E-state index contributed by atoms with van der Waals surface area (Å²) in [5, 5.41) is 9.50. The molecule has 0 spiro atoms. The van der Waals surface area contributed by atoms with Crippen molar-refractivity contribution in [3.05, 3.63) is 65.7 Å². The van der Waals surface area contributed by atoms with Gasteiger partial charge in [0.1, 0.15) is 10.5 Å². The minimum atomic E-state index is -3.85. The molecule has 0 bridgehead atoms. The summed E-state index contributed by atoms with van der Waals surface area (Å²) in [4.78, 5) is 25.9. The van der Waals surface area contributed by atoms with Gasteiger partial charge in [-0.3, -0.25) is 9.59 Å². The van der Waals surface area contributed by atoms with Crippen LogP contribution in [-0.4, -0.2) is 56.3 Å². The van der Waals surface area contributed by atoms with Crippen LogP contribution in [0.2, 0.25) is 0 Å². The maximum Gasteiger partial charge on any atom is 0.305 e. The lowest BCUT2D eigenvalue weighted by Gasteiger charge is -2.31. The number of sulfone groups is 1. The first-order chi connectivity index (χ1) is 13.8. The average molecular weight is 417 g/mol. The van der Waals surface area contributed by atoms with E-state index in [-0.39, 0.29) is 31.2 Å². The van der Waals surface area contributed by atoms with Crippen molar-refractivity contribution in [1.82, 2.24) is 4.90 Å². The number of hydrogen-bond acceptors (Lipinski definition) is 5. The number of aliphatic carboxylic acids is 1. The summed E-state index contributed by atoms with van der Waals surface area (Å²) in [6.07, 6.45) is -0.554. The molecule has 1 aliphatic rings. The number of hydrogen-bond donors (Lipinski definition) is 1. The average Bonchev–Trinajstić information content (AvgIpc) is 2.85. The Labute approximate surface area is 169 Å². The third-order valence-corrected chi connectivity index (χ3v) is 7.87. The molecule has 3 rings (SSSR count). The topological polar surface area (TPSA) is 101 Å². The second-order valence-electron chi connectivity index (χ2n) is 7.02. The standard InChI is InChI=1S/C21H23NO6S/c1-28-18-9-7-17(8-10-18)21(15-19(23)24)11-12-22(13-14-29(21,26)27)20(25)16-5-3-2-4-6-16/h2-10H,11-15H2,1H3,(H,23,24). The van der Waals surface area contributed by atoms with E-state index in [1.165, 1.54) is 12.0 Å². The number of ether oxygens (including phenoxy) is 1.